The summed E-state index contributed by atoms with van der Waals surface area (Å²) in [5.41, 5.74) is 14.0. The van der Waals surface area contributed by atoms with Gasteiger partial charge in [0.2, 0.25) is 0 Å². The van der Waals surface area contributed by atoms with Crippen molar-refractivity contribution in [2.24, 2.45) is 0 Å². The number of nitrogens with two attached hydrogens (primary N) is 1. The summed E-state index contributed by atoms with van der Waals surface area (Å²) in [6.45, 7) is 0. The van der Waals surface area contributed by atoms with Crippen LogP contribution >= 0.6 is 0 Å². The van der Waals surface area contributed by atoms with Gasteiger partial charge in [-0.1, -0.05) is 18.2 Å². The van der Waals surface area contributed by atoms with Gasteiger partial charge in [0.25, 0.3) is 0 Å². The number of H-pyrrole nitrogens is 2. The lowest BCUT2D eigenvalue weighted by molar-refractivity contribution is 1.10. The maximum Gasteiger partial charge on any atom is 0.161 e. The fourth-order valence-electron chi connectivity index (χ4n) is 3.72. The fourth-order valence-corrected chi connectivity index (χ4v) is 3.72. The molecule has 0 atom stereocenters. The molecule has 6 rings (SSSR count). The molecule has 0 saturated carbocycles. The summed E-state index contributed by atoms with van der Waals surface area (Å²) in [5, 5.41) is 7.51. The molecule has 4 N–H and O–H groups in total. The molecule has 5 aromatic rings. The summed E-state index contributed by atoms with van der Waals surface area (Å²) < 4.78 is 0. The molecule has 0 aliphatic heterocycles. The van der Waals surface area contributed by atoms with Crippen LogP contribution in [0.4, 0.5) is 5.69 Å². The smallest absolute Gasteiger partial charge is 0.161 e. The van der Waals surface area contributed by atoms with Gasteiger partial charge in [-0.3, -0.25) is 15.1 Å². The highest BCUT2D eigenvalue weighted by Crippen LogP contribution is 2.30. The second kappa shape index (κ2) is 6.35. The Bertz CT molecular complexity index is 1490. The molecule has 0 bridgehead atoms. The minimum Gasteiger partial charge on any atom is -0.397 e. The van der Waals surface area contributed by atoms with Crippen LogP contribution in [0, 0.1) is 0 Å². The number of pyridine rings is 3. The molecule has 0 aromatic carbocycles. The van der Waals surface area contributed by atoms with E-state index in [9.17, 15) is 0 Å². The monoisotopic (exact) mass is 392 g/mol. The highest BCUT2D eigenvalue weighted by Gasteiger charge is 2.18. The van der Waals surface area contributed by atoms with E-state index in [-0.39, 0.29) is 0 Å². The number of hydrogen-bond donors (Lipinski definition) is 3. The van der Waals surface area contributed by atoms with E-state index >= 15 is 0 Å². The number of nitrogens with zero attached hydrogens (tertiary/aromatic N) is 5. The highest BCUT2D eigenvalue weighted by atomic mass is 15.2. The van der Waals surface area contributed by atoms with E-state index in [1.165, 1.54) is 0 Å². The zero-order valence-corrected chi connectivity index (χ0v) is 15.8. The minimum atomic E-state index is 0.592. The summed E-state index contributed by atoms with van der Waals surface area (Å²) >= 11 is 0. The molecule has 8 heteroatoms. The predicted octanol–water partition coefficient (Wildman–Crippen LogP) is 3.88. The molecule has 5 heterocycles. The van der Waals surface area contributed by atoms with E-state index in [4.69, 9.17) is 15.7 Å². The maximum absolute atomic E-state index is 5.88. The number of hydrogen-bond acceptors (Lipinski definition) is 6. The summed E-state index contributed by atoms with van der Waals surface area (Å²) in [6.07, 6.45) is 12.4. The van der Waals surface area contributed by atoms with Crippen LogP contribution in [0.3, 0.4) is 0 Å². The standard InChI is InChI=1S/C22H16N8/c23-14-9-13(10-24-11-14)15-5-6-17-20(26-15)21(30-29-17)22-27-16-7-8-25-18(19(16)28-22)12-3-1-2-4-12/h1,3-11H,2,23H2,(H,27,28)(H,29,30). The number of nitrogens with one attached hydrogen (secondary N) is 2. The Kier molecular flexibility index (Phi) is 3.51. The predicted molar refractivity (Wildman–Crippen MR) is 116 cm³/mol. The Balaban J connectivity index is 1.51. The van der Waals surface area contributed by atoms with Crippen LogP contribution in [0.25, 0.3) is 50.4 Å². The molecule has 5 aromatic heterocycles. The number of aromatic amines is 2. The number of nitrogen functional groups attached to an aromatic ring is 1. The lowest BCUT2D eigenvalue weighted by Crippen LogP contribution is -1.90. The van der Waals surface area contributed by atoms with Gasteiger partial charge in [0.15, 0.2) is 11.5 Å². The molecule has 0 saturated heterocycles. The summed E-state index contributed by atoms with van der Waals surface area (Å²) in [5.74, 6) is 0.642. The number of allylic oxidation sites excluding steroid dienone is 4. The van der Waals surface area contributed by atoms with Crippen LogP contribution < -0.4 is 5.73 Å². The van der Waals surface area contributed by atoms with Gasteiger partial charge in [0, 0.05) is 24.2 Å². The van der Waals surface area contributed by atoms with Gasteiger partial charge in [-0.05, 0) is 36.3 Å². The van der Waals surface area contributed by atoms with Gasteiger partial charge in [-0.15, -0.1) is 0 Å². The third-order valence-corrected chi connectivity index (χ3v) is 5.13. The lowest BCUT2D eigenvalue weighted by Gasteiger charge is -2.02. The van der Waals surface area contributed by atoms with E-state index in [1.807, 2.05) is 24.3 Å². The highest BCUT2D eigenvalue weighted by molar-refractivity contribution is 5.95. The molecule has 144 valence electrons. The maximum atomic E-state index is 5.88. The number of aromatic nitrogens is 7. The Morgan fingerprint density at radius 1 is 0.967 bits per heavy atom. The summed E-state index contributed by atoms with van der Waals surface area (Å²) in [4.78, 5) is 21.7. The fraction of sp³-hybridized carbons (Fsp3) is 0.0455. The Labute approximate surface area is 170 Å². The third-order valence-electron chi connectivity index (χ3n) is 5.13. The van der Waals surface area contributed by atoms with Gasteiger partial charge in [-0.2, -0.15) is 5.10 Å². The van der Waals surface area contributed by atoms with Crippen LogP contribution in [0.5, 0.6) is 0 Å². The Morgan fingerprint density at radius 2 is 1.90 bits per heavy atom. The van der Waals surface area contributed by atoms with Crippen LogP contribution in [0.1, 0.15) is 12.1 Å². The number of imidazole rings is 1. The van der Waals surface area contributed by atoms with Crippen molar-refractivity contribution in [3.8, 4) is 22.8 Å². The average Bonchev–Trinajstić information content (AvgIpc) is 3.51. The Morgan fingerprint density at radius 3 is 2.77 bits per heavy atom. The van der Waals surface area contributed by atoms with Crippen LogP contribution in [-0.2, 0) is 0 Å². The van der Waals surface area contributed by atoms with Gasteiger partial charge in [-0.25, -0.2) is 9.97 Å². The first-order valence-corrected chi connectivity index (χ1v) is 9.54. The molecule has 0 radical (unpaired) electrons. The van der Waals surface area contributed by atoms with Crippen molar-refractivity contribution in [1.29, 1.82) is 0 Å². The SMILES string of the molecule is Nc1cncc(-c2ccc3[nH]nc(-c4nc5c(C6=CCC=C6)nccc5[nH]4)c3n2)c1. The molecule has 1 aliphatic carbocycles. The first-order valence-electron chi connectivity index (χ1n) is 9.54. The van der Waals surface area contributed by atoms with Crippen molar-refractivity contribution in [1.82, 2.24) is 35.1 Å². The molecule has 0 fully saturated rings. The third kappa shape index (κ3) is 2.58. The van der Waals surface area contributed by atoms with Gasteiger partial charge < -0.3 is 10.7 Å². The second-order valence-corrected chi connectivity index (χ2v) is 7.11. The van der Waals surface area contributed by atoms with Gasteiger partial charge in [0.1, 0.15) is 11.0 Å². The number of anilines is 1. The van der Waals surface area contributed by atoms with Crippen molar-refractivity contribution in [3.63, 3.8) is 0 Å². The molecule has 0 amide bonds. The van der Waals surface area contributed by atoms with Crippen molar-refractivity contribution in [3.05, 3.63) is 66.8 Å². The van der Waals surface area contributed by atoms with Gasteiger partial charge >= 0.3 is 0 Å². The van der Waals surface area contributed by atoms with E-state index in [0.717, 1.165) is 51.0 Å². The Hall–Kier alpha value is -4.33. The van der Waals surface area contributed by atoms with Crippen LogP contribution in [0.15, 0.2) is 61.1 Å². The topological polar surface area (TPSA) is 122 Å². The molecular weight excluding hydrogens is 376 g/mol. The zero-order chi connectivity index (χ0) is 20.1. The number of rotatable bonds is 3. The second-order valence-electron chi connectivity index (χ2n) is 7.11. The van der Waals surface area contributed by atoms with E-state index < -0.39 is 0 Å². The molecule has 30 heavy (non-hydrogen) atoms. The van der Waals surface area contributed by atoms with Crippen LogP contribution in [-0.4, -0.2) is 35.1 Å². The molecule has 0 spiro atoms. The van der Waals surface area contributed by atoms with E-state index in [0.29, 0.717) is 17.2 Å². The normalized spacial score (nSPS) is 13.4. The average molecular weight is 392 g/mol. The number of fused-ring (bicyclic) bond motifs is 2. The molecule has 1 aliphatic rings. The first-order chi connectivity index (χ1) is 14.8. The molecular formula is C22H16N8. The zero-order valence-electron chi connectivity index (χ0n) is 15.8. The van der Waals surface area contributed by atoms with Crippen LogP contribution in [0.2, 0.25) is 0 Å². The lowest BCUT2D eigenvalue weighted by atomic mass is 10.1. The van der Waals surface area contributed by atoms with E-state index in [2.05, 4.69) is 43.4 Å². The summed E-state index contributed by atoms with van der Waals surface area (Å²) in [6, 6.07) is 7.63. The van der Waals surface area contributed by atoms with Crippen molar-refractivity contribution >= 4 is 33.3 Å². The molecule has 8 nitrogen and oxygen atoms in total. The van der Waals surface area contributed by atoms with Crippen molar-refractivity contribution in [2.75, 3.05) is 5.73 Å². The quantitative estimate of drug-likeness (QED) is 0.428. The summed E-state index contributed by atoms with van der Waals surface area (Å²) in [7, 11) is 0. The largest absolute Gasteiger partial charge is 0.397 e. The first kappa shape index (κ1) is 16.6. The molecule has 0 unspecified atom stereocenters. The van der Waals surface area contributed by atoms with Crippen molar-refractivity contribution < 1.29 is 0 Å². The van der Waals surface area contributed by atoms with Crippen molar-refractivity contribution in [2.45, 2.75) is 6.42 Å². The van der Waals surface area contributed by atoms with Gasteiger partial charge in [0.05, 0.1) is 28.1 Å². The van der Waals surface area contributed by atoms with E-state index in [1.54, 1.807) is 18.6 Å². The minimum absolute atomic E-state index is 0.592.